The Morgan fingerprint density at radius 1 is 1.17 bits per heavy atom. The number of hydrogen-bond donors (Lipinski definition) is 3. The van der Waals surface area contributed by atoms with E-state index in [4.69, 9.17) is 5.73 Å². The Bertz CT molecular complexity index is 984. The summed E-state index contributed by atoms with van der Waals surface area (Å²) in [6.45, 7) is 0. The smallest absolute Gasteiger partial charge is 0.337 e. The molecule has 0 unspecified atom stereocenters. The predicted octanol–water partition coefficient (Wildman–Crippen LogP) is 0.773. The number of methoxy groups -OCH3 is 1. The Labute approximate surface area is 166 Å². The average molecular weight is 393 g/mol. The summed E-state index contributed by atoms with van der Waals surface area (Å²) in [4.78, 5) is 36.5. The molecule has 1 aliphatic heterocycles. The van der Waals surface area contributed by atoms with Gasteiger partial charge in [0.1, 0.15) is 11.8 Å². The molecule has 0 aliphatic carbocycles. The number of amides is 2. The van der Waals surface area contributed by atoms with Crippen LogP contribution < -0.4 is 11.1 Å². The van der Waals surface area contributed by atoms with Crippen LogP contribution in [0.1, 0.15) is 27.4 Å². The highest BCUT2D eigenvalue weighted by Crippen LogP contribution is 2.45. The van der Waals surface area contributed by atoms with Gasteiger partial charge in [0, 0.05) is 11.5 Å². The van der Waals surface area contributed by atoms with E-state index in [0.29, 0.717) is 11.1 Å². The van der Waals surface area contributed by atoms with Gasteiger partial charge in [0.15, 0.2) is 5.72 Å². The molecular weight excluding hydrogens is 374 g/mol. The summed E-state index contributed by atoms with van der Waals surface area (Å²) in [5.41, 5.74) is 4.42. The highest BCUT2D eigenvalue weighted by atomic mass is 16.5. The minimum atomic E-state index is -2.02. The molecule has 29 heavy (non-hydrogen) atoms. The van der Waals surface area contributed by atoms with Crippen LogP contribution in [0.5, 0.6) is 0 Å². The summed E-state index contributed by atoms with van der Waals surface area (Å²) in [5, 5.41) is 23.6. The third kappa shape index (κ3) is 3.44. The Morgan fingerprint density at radius 3 is 2.31 bits per heavy atom. The number of hydrogen-bond acceptors (Lipinski definition) is 6. The fourth-order valence-corrected chi connectivity index (χ4v) is 3.73. The van der Waals surface area contributed by atoms with Crippen molar-refractivity contribution in [1.82, 2.24) is 5.32 Å². The van der Waals surface area contributed by atoms with Crippen LogP contribution >= 0.6 is 0 Å². The van der Waals surface area contributed by atoms with Crippen molar-refractivity contribution in [2.24, 2.45) is 17.6 Å². The minimum absolute atomic E-state index is 0.263. The Morgan fingerprint density at radius 2 is 1.79 bits per heavy atom. The first kappa shape index (κ1) is 20.0. The number of piperidine rings is 1. The first-order valence-corrected chi connectivity index (χ1v) is 8.80. The summed E-state index contributed by atoms with van der Waals surface area (Å²) >= 11 is 0. The Kier molecular flexibility index (Phi) is 5.35. The molecule has 2 aromatic carbocycles. The molecule has 8 nitrogen and oxygen atoms in total. The van der Waals surface area contributed by atoms with Gasteiger partial charge >= 0.3 is 5.97 Å². The Balaban J connectivity index is 2.14. The quantitative estimate of drug-likeness (QED) is 0.517. The fraction of sp³-hybridized carbons (Fsp3) is 0.238. The topological polar surface area (TPSA) is 143 Å². The normalized spacial score (nSPS) is 26.1. The van der Waals surface area contributed by atoms with Crippen LogP contribution in [0.25, 0.3) is 0 Å². The van der Waals surface area contributed by atoms with Gasteiger partial charge < -0.3 is 20.9 Å². The van der Waals surface area contributed by atoms with Crippen molar-refractivity contribution in [3.63, 3.8) is 0 Å². The van der Waals surface area contributed by atoms with E-state index in [2.05, 4.69) is 10.1 Å². The van der Waals surface area contributed by atoms with E-state index in [1.54, 1.807) is 30.3 Å². The highest BCUT2D eigenvalue weighted by Gasteiger charge is 2.55. The molecule has 1 aliphatic rings. The third-order valence-electron chi connectivity index (χ3n) is 5.14. The summed E-state index contributed by atoms with van der Waals surface area (Å²) < 4.78 is 4.66. The lowest BCUT2D eigenvalue weighted by molar-refractivity contribution is -0.153. The number of nitrogens with one attached hydrogen (secondary N) is 1. The largest absolute Gasteiger partial charge is 0.465 e. The number of ether oxygens (including phenoxy) is 1. The van der Waals surface area contributed by atoms with Crippen molar-refractivity contribution in [3.05, 3.63) is 71.3 Å². The summed E-state index contributed by atoms with van der Waals surface area (Å²) in [5.74, 6) is -5.86. The number of rotatable bonds is 4. The zero-order valence-corrected chi connectivity index (χ0v) is 15.5. The molecule has 4 N–H and O–H groups in total. The van der Waals surface area contributed by atoms with Gasteiger partial charge in [-0.3, -0.25) is 9.59 Å². The molecule has 0 saturated carbocycles. The van der Waals surface area contributed by atoms with Crippen molar-refractivity contribution < 1.29 is 24.2 Å². The van der Waals surface area contributed by atoms with Crippen LogP contribution in [-0.4, -0.2) is 30.0 Å². The second-order valence-corrected chi connectivity index (χ2v) is 6.75. The van der Waals surface area contributed by atoms with E-state index >= 15 is 0 Å². The van der Waals surface area contributed by atoms with Crippen molar-refractivity contribution in [1.29, 1.82) is 5.26 Å². The van der Waals surface area contributed by atoms with Gasteiger partial charge in [-0.2, -0.15) is 5.26 Å². The SMILES string of the molecule is COC(=O)c1ccc([C@H]2[C@@H](C(N)=O)C(=O)N[C@](O)(c3ccccc3)[C@@H]2C#N)cc1. The summed E-state index contributed by atoms with van der Waals surface area (Å²) in [7, 11) is 1.25. The maximum atomic E-state index is 12.7. The lowest BCUT2D eigenvalue weighted by Crippen LogP contribution is -2.62. The molecule has 1 saturated heterocycles. The zero-order chi connectivity index (χ0) is 21.2. The van der Waals surface area contributed by atoms with Gasteiger partial charge in [0.05, 0.1) is 18.7 Å². The first-order valence-electron chi connectivity index (χ1n) is 8.80. The molecule has 0 bridgehead atoms. The number of carbonyl (C=O) groups excluding carboxylic acids is 3. The molecule has 2 aromatic rings. The molecule has 0 aromatic heterocycles. The van der Waals surface area contributed by atoms with E-state index in [-0.39, 0.29) is 5.56 Å². The molecule has 3 rings (SSSR count). The van der Waals surface area contributed by atoms with Crippen LogP contribution in [0.15, 0.2) is 54.6 Å². The zero-order valence-electron chi connectivity index (χ0n) is 15.5. The van der Waals surface area contributed by atoms with E-state index < -0.39 is 41.3 Å². The molecule has 2 amide bonds. The lowest BCUT2D eigenvalue weighted by Gasteiger charge is -2.44. The maximum absolute atomic E-state index is 12.7. The van der Waals surface area contributed by atoms with Gasteiger partial charge in [0.2, 0.25) is 11.8 Å². The molecular formula is C21H19N3O5. The van der Waals surface area contributed by atoms with Gasteiger partial charge in [-0.15, -0.1) is 0 Å². The summed E-state index contributed by atoms with van der Waals surface area (Å²) in [6.07, 6.45) is 0. The van der Waals surface area contributed by atoms with Crippen LogP contribution in [0.3, 0.4) is 0 Å². The van der Waals surface area contributed by atoms with Crippen molar-refractivity contribution >= 4 is 17.8 Å². The van der Waals surface area contributed by atoms with Crippen molar-refractivity contribution in [2.75, 3.05) is 7.11 Å². The molecule has 0 spiro atoms. The van der Waals surface area contributed by atoms with E-state index in [9.17, 15) is 24.8 Å². The van der Waals surface area contributed by atoms with E-state index in [1.165, 1.54) is 31.4 Å². The monoisotopic (exact) mass is 393 g/mol. The van der Waals surface area contributed by atoms with E-state index in [1.807, 2.05) is 6.07 Å². The molecule has 148 valence electrons. The number of nitrogens with zero attached hydrogens (tertiary/aromatic N) is 1. The van der Waals surface area contributed by atoms with Crippen molar-refractivity contribution in [2.45, 2.75) is 11.6 Å². The molecule has 8 heteroatoms. The highest BCUT2D eigenvalue weighted by molar-refractivity contribution is 6.02. The van der Waals surface area contributed by atoms with Crippen molar-refractivity contribution in [3.8, 4) is 6.07 Å². The maximum Gasteiger partial charge on any atom is 0.337 e. The number of primary amides is 1. The first-order chi connectivity index (χ1) is 13.8. The van der Waals surface area contributed by atoms with Gasteiger partial charge in [-0.1, -0.05) is 42.5 Å². The second kappa shape index (κ2) is 7.73. The average Bonchev–Trinajstić information content (AvgIpc) is 2.73. The van der Waals surface area contributed by atoms with Gasteiger partial charge in [0.25, 0.3) is 0 Å². The lowest BCUT2D eigenvalue weighted by atomic mass is 9.67. The molecule has 4 atom stereocenters. The molecule has 1 fully saturated rings. The van der Waals surface area contributed by atoms with E-state index in [0.717, 1.165) is 0 Å². The minimum Gasteiger partial charge on any atom is -0.465 e. The van der Waals surface area contributed by atoms with Gasteiger partial charge in [-0.25, -0.2) is 4.79 Å². The third-order valence-corrected chi connectivity index (χ3v) is 5.14. The number of nitriles is 1. The van der Waals surface area contributed by atoms with Gasteiger partial charge in [-0.05, 0) is 17.7 Å². The fourth-order valence-electron chi connectivity index (χ4n) is 3.73. The van der Waals surface area contributed by atoms with Crippen LogP contribution in [0, 0.1) is 23.2 Å². The number of esters is 1. The molecule has 0 radical (unpaired) electrons. The van der Waals surface area contributed by atoms with Crippen LogP contribution in [0.2, 0.25) is 0 Å². The van der Waals surface area contributed by atoms with Crippen LogP contribution in [-0.2, 0) is 20.1 Å². The second-order valence-electron chi connectivity index (χ2n) is 6.75. The number of nitrogens with two attached hydrogens (primary N) is 1. The summed E-state index contributed by atoms with van der Waals surface area (Å²) in [6, 6.07) is 16.2. The standard InChI is InChI=1S/C21H19N3O5/c1-29-20(27)13-9-7-12(8-10-13)16-15(11-22)21(28,14-5-3-2-4-6-14)24-19(26)17(16)18(23)25/h2-10,15-17,28H,1H3,(H2,23,25)(H,24,26)/t15-,16-,17+,21+/m1/s1. The van der Waals surface area contributed by atoms with Crippen LogP contribution in [0.4, 0.5) is 0 Å². The Hall–Kier alpha value is -3.70. The number of benzene rings is 2. The molecule has 1 heterocycles. The number of carbonyl (C=O) groups is 3. The predicted molar refractivity (Wildman–Crippen MR) is 101 cm³/mol. The number of aliphatic hydroxyl groups is 1.